The molecule has 1 atom stereocenters. The highest BCUT2D eigenvalue weighted by Crippen LogP contribution is 2.29. The minimum Gasteiger partial charge on any atom is -0.374 e. The van der Waals surface area contributed by atoms with Gasteiger partial charge in [-0.05, 0) is 55.5 Å². The van der Waals surface area contributed by atoms with Crippen LogP contribution in [0.5, 0.6) is 0 Å². The topological polar surface area (TPSA) is 82.6 Å². The highest BCUT2D eigenvalue weighted by molar-refractivity contribution is 7.90. The maximum absolute atomic E-state index is 13.3. The largest absolute Gasteiger partial charge is 0.408 e. The number of halogens is 4. The number of hydrogen-bond donors (Lipinski definition) is 1. The Bertz CT molecular complexity index is 1410. The first-order valence-corrected chi connectivity index (χ1v) is 13.4. The maximum Gasteiger partial charge on any atom is 0.408 e. The van der Waals surface area contributed by atoms with Gasteiger partial charge in [0.1, 0.15) is 11.9 Å². The van der Waals surface area contributed by atoms with E-state index in [1.807, 2.05) is 29.2 Å². The third-order valence-electron chi connectivity index (χ3n) is 6.04. The average molecular weight is 541 g/mol. The molecule has 2 heterocycles. The quantitative estimate of drug-likeness (QED) is 0.509. The number of pyridine rings is 1. The lowest BCUT2D eigenvalue weighted by molar-refractivity contribution is -0.138. The van der Waals surface area contributed by atoms with Crippen LogP contribution < -0.4 is 10.2 Å². The molecule has 0 spiro atoms. The third kappa shape index (κ3) is 5.67. The molecule has 0 bridgehead atoms. The summed E-state index contributed by atoms with van der Waals surface area (Å²) < 4.78 is 63.5. The Balaban J connectivity index is 1.54. The molecule has 1 amide bonds. The molecule has 3 aromatic rings. The fourth-order valence-electron chi connectivity index (χ4n) is 3.94. The normalized spacial score (nSPS) is 15.7. The fraction of sp³-hybridized carbons (Fsp3) is 0.333. The number of hydrogen-bond acceptors (Lipinski definition) is 6. The van der Waals surface area contributed by atoms with E-state index in [0.29, 0.717) is 18.1 Å². The SMILES string of the molecule is CC(Nc1ccc(S(C)(=O)=O)cc1C(=O)N1CCN(c2ccc3cc(Cl)ccc3n2)CC1)C(F)(F)F. The number of carbonyl (C=O) groups is 1. The van der Waals surface area contributed by atoms with Crippen LogP contribution in [-0.2, 0) is 9.84 Å². The van der Waals surface area contributed by atoms with Gasteiger partial charge in [-0.15, -0.1) is 0 Å². The smallest absolute Gasteiger partial charge is 0.374 e. The van der Waals surface area contributed by atoms with Crippen molar-refractivity contribution >= 4 is 49.8 Å². The number of aromatic nitrogens is 1. The second-order valence-electron chi connectivity index (χ2n) is 8.67. The van der Waals surface area contributed by atoms with Crippen LogP contribution in [0.1, 0.15) is 17.3 Å². The number of amides is 1. The average Bonchev–Trinajstić information content (AvgIpc) is 2.82. The number of fused-ring (bicyclic) bond motifs is 1. The van der Waals surface area contributed by atoms with Crippen molar-refractivity contribution in [3.05, 3.63) is 59.1 Å². The van der Waals surface area contributed by atoms with Gasteiger partial charge >= 0.3 is 6.18 Å². The first-order chi connectivity index (χ1) is 16.8. The molecule has 4 rings (SSSR count). The summed E-state index contributed by atoms with van der Waals surface area (Å²) in [7, 11) is -3.67. The summed E-state index contributed by atoms with van der Waals surface area (Å²) in [4.78, 5) is 21.4. The summed E-state index contributed by atoms with van der Waals surface area (Å²) in [5.74, 6) is 0.190. The summed E-state index contributed by atoms with van der Waals surface area (Å²) >= 11 is 6.03. The molecule has 1 fully saturated rings. The third-order valence-corrected chi connectivity index (χ3v) is 7.39. The van der Waals surface area contributed by atoms with Crippen molar-refractivity contribution in [3.63, 3.8) is 0 Å². The van der Waals surface area contributed by atoms with Gasteiger partial charge in [0.05, 0.1) is 16.0 Å². The number of rotatable bonds is 5. The number of alkyl halides is 3. The van der Waals surface area contributed by atoms with Crippen molar-refractivity contribution in [2.75, 3.05) is 42.7 Å². The Hall–Kier alpha value is -3.05. The first-order valence-electron chi connectivity index (χ1n) is 11.1. The molecule has 1 aliphatic rings. The van der Waals surface area contributed by atoms with Crippen LogP contribution in [0, 0.1) is 0 Å². The van der Waals surface area contributed by atoms with Gasteiger partial charge in [0, 0.05) is 48.5 Å². The molecule has 0 radical (unpaired) electrons. The molecule has 1 aromatic heterocycles. The monoisotopic (exact) mass is 540 g/mol. The number of benzene rings is 2. The molecule has 0 saturated carbocycles. The molecule has 192 valence electrons. The van der Waals surface area contributed by atoms with Crippen LogP contribution in [0.4, 0.5) is 24.7 Å². The highest BCUT2D eigenvalue weighted by atomic mass is 35.5. The van der Waals surface area contributed by atoms with Crippen LogP contribution in [0.3, 0.4) is 0 Å². The van der Waals surface area contributed by atoms with E-state index in [-0.39, 0.29) is 29.2 Å². The number of sulfone groups is 1. The van der Waals surface area contributed by atoms with E-state index < -0.39 is 28.0 Å². The molecule has 12 heteroatoms. The molecule has 1 unspecified atom stereocenters. The van der Waals surface area contributed by atoms with Gasteiger partial charge in [-0.1, -0.05) is 11.6 Å². The summed E-state index contributed by atoms with van der Waals surface area (Å²) in [5, 5.41) is 3.82. The van der Waals surface area contributed by atoms with Gasteiger partial charge in [-0.2, -0.15) is 13.2 Å². The zero-order valence-electron chi connectivity index (χ0n) is 19.5. The van der Waals surface area contributed by atoms with Crippen molar-refractivity contribution < 1.29 is 26.4 Å². The lowest BCUT2D eigenvalue weighted by Gasteiger charge is -2.36. The first kappa shape index (κ1) is 26.0. The Morgan fingerprint density at radius 2 is 1.75 bits per heavy atom. The summed E-state index contributed by atoms with van der Waals surface area (Å²) in [6.45, 7) is 2.41. The summed E-state index contributed by atoms with van der Waals surface area (Å²) in [6.07, 6.45) is -3.56. The van der Waals surface area contributed by atoms with E-state index in [4.69, 9.17) is 11.6 Å². The maximum atomic E-state index is 13.3. The van der Waals surface area contributed by atoms with E-state index in [2.05, 4.69) is 10.3 Å². The molecule has 1 aliphatic heterocycles. The molecular weight excluding hydrogens is 517 g/mol. The molecular formula is C24H24ClF3N4O3S. The fourth-order valence-corrected chi connectivity index (χ4v) is 4.77. The number of nitrogens with one attached hydrogen (secondary N) is 1. The lowest BCUT2D eigenvalue weighted by atomic mass is 10.1. The van der Waals surface area contributed by atoms with E-state index >= 15 is 0 Å². The van der Waals surface area contributed by atoms with E-state index in [1.54, 1.807) is 6.07 Å². The van der Waals surface area contributed by atoms with Crippen molar-refractivity contribution in [2.45, 2.75) is 24.0 Å². The van der Waals surface area contributed by atoms with Crippen molar-refractivity contribution in [2.24, 2.45) is 0 Å². The standard InChI is InChI=1S/C24H24ClF3N4O3S/c1-15(24(26,27)28)29-21-7-5-18(36(2,34)35)14-19(21)23(33)32-11-9-31(10-12-32)22-8-3-16-13-17(25)4-6-20(16)30-22/h3-8,13-15,29H,9-12H2,1-2H3. The number of piperazine rings is 1. The summed E-state index contributed by atoms with van der Waals surface area (Å²) in [5.41, 5.74) is 0.584. The predicted molar refractivity (Wildman–Crippen MR) is 134 cm³/mol. The lowest BCUT2D eigenvalue weighted by Crippen LogP contribution is -2.49. The summed E-state index contributed by atoms with van der Waals surface area (Å²) in [6, 6.07) is 10.8. The molecule has 1 N–H and O–H groups in total. The van der Waals surface area contributed by atoms with Gasteiger partial charge in [0.2, 0.25) is 0 Å². The molecule has 2 aromatic carbocycles. The van der Waals surface area contributed by atoms with Crippen LogP contribution in [0.15, 0.2) is 53.4 Å². The molecule has 36 heavy (non-hydrogen) atoms. The van der Waals surface area contributed by atoms with Gasteiger partial charge in [-0.25, -0.2) is 13.4 Å². The number of nitrogens with zero attached hydrogens (tertiary/aromatic N) is 3. The van der Waals surface area contributed by atoms with E-state index in [0.717, 1.165) is 36.0 Å². The van der Waals surface area contributed by atoms with Crippen molar-refractivity contribution in [1.29, 1.82) is 0 Å². The second kappa shape index (κ2) is 9.78. The Kier molecular flexibility index (Phi) is 7.07. The van der Waals surface area contributed by atoms with Gasteiger partial charge < -0.3 is 15.1 Å². The minimum atomic E-state index is -4.54. The Morgan fingerprint density at radius 1 is 1.06 bits per heavy atom. The zero-order chi connectivity index (χ0) is 26.3. The number of carbonyl (C=O) groups excluding carboxylic acids is 1. The van der Waals surface area contributed by atoms with Crippen LogP contribution in [-0.4, -0.2) is 68.9 Å². The molecule has 7 nitrogen and oxygen atoms in total. The number of anilines is 2. The molecule has 0 aliphatic carbocycles. The Labute approximate surface area is 211 Å². The van der Waals surface area contributed by atoms with E-state index in [1.165, 1.54) is 17.0 Å². The second-order valence-corrected chi connectivity index (χ2v) is 11.1. The van der Waals surface area contributed by atoms with Gasteiger partial charge in [-0.3, -0.25) is 4.79 Å². The zero-order valence-corrected chi connectivity index (χ0v) is 21.1. The Morgan fingerprint density at radius 3 is 2.39 bits per heavy atom. The van der Waals surface area contributed by atoms with Gasteiger partial charge in [0.15, 0.2) is 9.84 Å². The van der Waals surface area contributed by atoms with Crippen molar-refractivity contribution in [1.82, 2.24) is 9.88 Å². The van der Waals surface area contributed by atoms with E-state index in [9.17, 15) is 26.4 Å². The van der Waals surface area contributed by atoms with Gasteiger partial charge in [0.25, 0.3) is 5.91 Å². The molecule has 1 saturated heterocycles. The highest BCUT2D eigenvalue weighted by Gasteiger charge is 2.37. The predicted octanol–water partition coefficient (Wildman–Crippen LogP) is 4.62. The van der Waals surface area contributed by atoms with Crippen LogP contribution >= 0.6 is 11.6 Å². The minimum absolute atomic E-state index is 0.0745. The van der Waals surface area contributed by atoms with Crippen LogP contribution in [0.2, 0.25) is 5.02 Å². The van der Waals surface area contributed by atoms with Crippen LogP contribution in [0.25, 0.3) is 10.9 Å². The van der Waals surface area contributed by atoms with Crippen molar-refractivity contribution in [3.8, 4) is 0 Å².